The SMILES string of the molecule is C=C[C@@]1(C)CCC2=C(C1=O)[C@@H](O)C[C@@H]1C(C)(C)CC[C@@H](O)[C@@]21C. The van der Waals surface area contributed by atoms with Crippen LogP contribution in [0.4, 0.5) is 0 Å². The zero-order valence-corrected chi connectivity index (χ0v) is 14.9. The largest absolute Gasteiger partial charge is 0.392 e. The van der Waals surface area contributed by atoms with Crippen LogP contribution in [0.15, 0.2) is 23.8 Å². The van der Waals surface area contributed by atoms with E-state index in [2.05, 4.69) is 27.4 Å². The van der Waals surface area contributed by atoms with Crippen molar-refractivity contribution in [2.45, 2.75) is 72.0 Å². The van der Waals surface area contributed by atoms with Gasteiger partial charge in [-0.3, -0.25) is 4.79 Å². The van der Waals surface area contributed by atoms with E-state index in [9.17, 15) is 15.0 Å². The zero-order valence-electron chi connectivity index (χ0n) is 14.9. The van der Waals surface area contributed by atoms with Crippen molar-refractivity contribution in [3.63, 3.8) is 0 Å². The van der Waals surface area contributed by atoms with Gasteiger partial charge in [-0.25, -0.2) is 0 Å². The van der Waals surface area contributed by atoms with Gasteiger partial charge in [0, 0.05) is 16.4 Å². The molecule has 3 aliphatic carbocycles. The lowest BCUT2D eigenvalue weighted by Crippen LogP contribution is -2.57. The maximum Gasteiger partial charge on any atom is 0.171 e. The third-order valence-corrected chi connectivity index (χ3v) is 7.30. The Morgan fingerprint density at radius 1 is 1.17 bits per heavy atom. The number of fused-ring (bicyclic) bond motifs is 2. The van der Waals surface area contributed by atoms with Crippen LogP contribution in [-0.2, 0) is 4.79 Å². The van der Waals surface area contributed by atoms with Crippen molar-refractivity contribution in [3.05, 3.63) is 23.8 Å². The Hall–Kier alpha value is -0.930. The molecule has 3 nitrogen and oxygen atoms in total. The van der Waals surface area contributed by atoms with Crippen molar-refractivity contribution in [1.29, 1.82) is 0 Å². The number of ketones is 1. The molecule has 1 saturated carbocycles. The second kappa shape index (κ2) is 5.03. The summed E-state index contributed by atoms with van der Waals surface area (Å²) >= 11 is 0. The van der Waals surface area contributed by atoms with Gasteiger partial charge in [-0.2, -0.15) is 0 Å². The predicted octanol–water partition coefficient (Wildman–Crippen LogP) is 3.41. The number of Topliss-reactive ketones (excluding diaryl/α,β-unsaturated/α-hetero) is 1. The summed E-state index contributed by atoms with van der Waals surface area (Å²) < 4.78 is 0. The normalized spacial score (nSPS) is 46.2. The fourth-order valence-corrected chi connectivity index (χ4v) is 5.53. The van der Waals surface area contributed by atoms with E-state index in [0.29, 0.717) is 12.0 Å². The van der Waals surface area contributed by atoms with Crippen molar-refractivity contribution in [1.82, 2.24) is 0 Å². The highest BCUT2D eigenvalue weighted by Crippen LogP contribution is 2.62. The minimum atomic E-state index is -0.709. The average Bonchev–Trinajstić information content (AvgIpc) is 2.49. The molecule has 0 bridgehead atoms. The van der Waals surface area contributed by atoms with Crippen LogP contribution in [0, 0.1) is 22.2 Å². The summed E-state index contributed by atoms with van der Waals surface area (Å²) in [7, 11) is 0. The van der Waals surface area contributed by atoms with Crippen LogP contribution in [0.3, 0.4) is 0 Å². The molecule has 0 heterocycles. The van der Waals surface area contributed by atoms with E-state index >= 15 is 0 Å². The summed E-state index contributed by atoms with van der Waals surface area (Å²) in [6.07, 6.45) is 4.36. The van der Waals surface area contributed by atoms with Crippen molar-refractivity contribution in [2.75, 3.05) is 0 Å². The minimum absolute atomic E-state index is 0.0107. The first-order chi connectivity index (χ1) is 10.6. The van der Waals surface area contributed by atoms with Gasteiger partial charge < -0.3 is 10.2 Å². The molecule has 128 valence electrons. The van der Waals surface area contributed by atoms with E-state index in [0.717, 1.165) is 31.3 Å². The highest BCUT2D eigenvalue weighted by molar-refractivity contribution is 6.03. The number of hydrogen-bond acceptors (Lipinski definition) is 3. The van der Waals surface area contributed by atoms with Crippen molar-refractivity contribution in [2.24, 2.45) is 22.2 Å². The molecular weight excluding hydrogens is 288 g/mol. The molecule has 0 saturated heterocycles. The number of rotatable bonds is 1. The van der Waals surface area contributed by atoms with Gasteiger partial charge in [0.15, 0.2) is 5.78 Å². The van der Waals surface area contributed by atoms with Crippen molar-refractivity contribution >= 4 is 5.78 Å². The lowest BCUT2D eigenvalue weighted by Gasteiger charge is -2.59. The molecule has 3 rings (SSSR count). The summed E-state index contributed by atoms with van der Waals surface area (Å²) in [6, 6.07) is 0. The van der Waals surface area contributed by atoms with E-state index in [1.807, 2.05) is 6.92 Å². The third-order valence-electron chi connectivity index (χ3n) is 7.30. The molecule has 23 heavy (non-hydrogen) atoms. The van der Waals surface area contributed by atoms with Gasteiger partial charge in [0.2, 0.25) is 0 Å². The fraction of sp³-hybridized carbons (Fsp3) is 0.750. The minimum Gasteiger partial charge on any atom is -0.392 e. The number of allylic oxidation sites excluding steroid dienone is 1. The van der Waals surface area contributed by atoms with Gasteiger partial charge in [-0.05, 0) is 50.4 Å². The Labute approximate surface area is 139 Å². The summed E-state index contributed by atoms with van der Waals surface area (Å²) in [4.78, 5) is 13.0. The maximum absolute atomic E-state index is 13.0. The van der Waals surface area contributed by atoms with Crippen LogP contribution in [0.25, 0.3) is 0 Å². The number of carbonyl (C=O) groups is 1. The van der Waals surface area contributed by atoms with Gasteiger partial charge in [0.1, 0.15) is 0 Å². The van der Waals surface area contributed by atoms with Crippen LogP contribution in [0.5, 0.6) is 0 Å². The molecule has 0 aromatic rings. The average molecular weight is 318 g/mol. The summed E-state index contributed by atoms with van der Waals surface area (Å²) in [5, 5.41) is 21.6. The first-order valence-corrected chi connectivity index (χ1v) is 8.86. The second-order valence-electron chi connectivity index (χ2n) is 8.97. The Morgan fingerprint density at radius 2 is 1.83 bits per heavy atom. The van der Waals surface area contributed by atoms with Gasteiger partial charge in [-0.1, -0.05) is 32.4 Å². The van der Waals surface area contributed by atoms with Crippen LogP contribution >= 0.6 is 0 Å². The molecule has 0 spiro atoms. The van der Waals surface area contributed by atoms with Gasteiger partial charge >= 0.3 is 0 Å². The van der Waals surface area contributed by atoms with E-state index in [4.69, 9.17) is 0 Å². The number of carbonyl (C=O) groups excluding carboxylic acids is 1. The van der Waals surface area contributed by atoms with Crippen molar-refractivity contribution < 1.29 is 15.0 Å². The smallest absolute Gasteiger partial charge is 0.171 e. The summed E-state index contributed by atoms with van der Waals surface area (Å²) in [6.45, 7) is 12.3. The molecule has 3 heteroatoms. The van der Waals surface area contributed by atoms with Gasteiger partial charge in [0.25, 0.3) is 0 Å². The van der Waals surface area contributed by atoms with Gasteiger partial charge in [0.05, 0.1) is 12.2 Å². The van der Waals surface area contributed by atoms with E-state index in [-0.39, 0.29) is 17.1 Å². The highest BCUT2D eigenvalue weighted by atomic mass is 16.3. The van der Waals surface area contributed by atoms with Gasteiger partial charge in [-0.15, -0.1) is 6.58 Å². The van der Waals surface area contributed by atoms with Crippen LogP contribution < -0.4 is 0 Å². The lowest BCUT2D eigenvalue weighted by atomic mass is 9.46. The Balaban J connectivity index is 2.18. The van der Waals surface area contributed by atoms with Crippen LogP contribution in [0.1, 0.15) is 59.8 Å². The monoisotopic (exact) mass is 318 g/mol. The van der Waals surface area contributed by atoms with E-state index in [1.54, 1.807) is 6.08 Å². The molecule has 0 unspecified atom stereocenters. The van der Waals surface area contributed by atoms with E-state index in [1.165, 1.54) is 0 Å². The van der Waals surface area contributed by atoms with Crippen LogP contribution in [0.2, 0.25) is 0 Å². The second-order valence-corrected chi connectivity index (χ2v) is 8.97. The summed E-state index contributed by atoms with van der Waals surface area (Å²) in [5.41, 5.74) is 0.683. The first kappa shape index (κ1) is 16.9. The first-order valence-electron chi connectivity index (χ1n) is 8.86. The molecule has 1 fully saturated rings. The quantitative estimate of drug-likeness (QED) is 0.729. The van der Waals surface area contributed by atoms with E-state index < -0.39 is 23.0 Å². The molecule has 0 aromatic heterocycles. The number of aliphatic hydroxyl groups excluding tert-OH is 2. The predicted molar refractivity (Wildman–Crippen MR) is 90.8 cm³/mol. The zero-order chi connectivity index (χ0) is 17.2. The Bertz CT molecular complexity index is 588. The molecule has 0 aliphatic heterocycles. The molecule has 0 radical (unpaired) electrons. The molecule has 5 atom stereocenters. The molecule has 0 amide bonds. The maximum atomic E-state index is 13.0. The lowest BCUT2D eigenvalue weighted by molar-refractivity contribution is -0.130. The molecule has 0 aromatic carbocycles. The highest BCUT2D eigenvalue weighted by Gasteiger charge is 2.59. The molecule has 3 aliphatic rings. The third kappa shape index (κ3) is 2.12. The topological polar surface area (TPSA) is 57.5 Å². The van der Waals surface area contributed by atoms with Crippen molar-refractivity contribution in [3.8, 4) is 0 Å². The Kier molecular flexibility index (Phi) is 3.70. The Morgan fingerprint density at radius 3 is 2.43 bits per heavy atom. The fourth-order valence-electron chi connectivity index (χ4n) is 5.53. The number of hydrogen-bond donors (Lipinski definition) is 2. The molecular formula is C20H30O3. The summed E-state index contributed by atoms with van der Waals surface area (Å²) in [5.74, 6) is 0.213. The standard InChI is InChI=1S/C20H30O3/c1-6-19(4)10-7-12-16(17(19)23)13(21)11-14-18(2,3)9-8-15(22)20(12,14)5/h6,13-15,21-22H,1,7-11H2,2-5H3/t13-,14+,15+,19-,20-/m0/s1. The number of aliphatic hydroxyl groups is 2. The van der Waals surface area contributed by atoms with Crippen LogP contribution in [-0.4, -0.2) is 28.2 Å². The molecule has 2 N–H and O–H groups in total.